The number of carbonyl (C=O) groups excluding carboxylic acids is 4. The van der Waals surface area contributed by atoms with Gasteiger partial charge in [-0.15, -0.1) is 0 Å². The molecule has 0 aromatic heterocycles. The van der Waals surface area contributed by atoms with Crippen LogP contribution in [0.25, 0.3) is 0 Å². The highest BCUT2D eigenvalue weighted by Crippen LogP contribution is 2.28. The molecule has 0 radical (unpaired) electrons. The standard InChI is InChI=1S/C13H19N3O4S/c14-11(18)8-1-3-9(4-2-8)12(19)15-5-6-16-10(17)7-21-13(16)20/h8-9H,1-7H2,(H2,14,18)(H,15,19)/t8-,9+. The molecule has 1 saturated heterocycles. The van der Waals surface area contributed by atoms with E-state index in [0.717, 1.165) is 16.7 Å². The quantitative estimate of drug-likeness (QED) is 0.747. The Labute approximate surface area is 127 Å². The number of thioether (sulfide) groups is 1. The summed E-state index contributed by atoms with van der Waals surface area (Å²) in [5.74, 6) is -0.627. The van der Waals surface area contributed by atoms with Gasteiger partial charge in [0.2, 0.25) is 17.7 Å². The van der Waals surface area contributed by atoms with Crippen LogP contribution >= 0.6 is 11.8 Å². The fraction of sp³-hybridized carbons (Fsp3) is 0.692. The highest BCUT2D eigenvalue weighted by Gasteiger charge is 2.31. The van der Waals surface area contributed by atoms with E-state index in [4.69, 9.17) is 5.73 Å². The minimum atomic E-state index is -0.294. The van der Waals surface area contributed by atoms with Crippen LogP contribution < -0.4 is 11.1 Å². The van der Waals surface area contributed by atoms with Crippen LogP contribution in [0, 0.1) is 11.8 Å². The Balaban J connectivity index is 1.69. The number of primary amides is 1. The van der Waals surface area contributed by atoms with Gasteiger partial charge >= 0.3 is 0 Å². The molecule has 1 aliphatic carbocycles. The van der Waals surface area contributed by atoms with E-state index >= 15 is 0 Å². The smallest absolute Gasteiger partial charge is 0.288 e. The molecule has 0 spiro atoms. The Morgan fingerprint density at radius 1 is 1.19 bits per heavy atom. The predicted molar refractivity (Wildman–Crippen MR) is 77.2 cm³/mol. The SMILES string of the molecule is NC(=O)[C@H]1CC[C@@H](C(=O)NCCN2C(=O)CSC2=O)CC1. The van der Waals surface area contributed by atoms with Crippen molar-refractivity contribution in [2.75, 3.05) is 18.8 Å². The minimum absolute atomic E-state index is 0.0790. The summed E-state index contributed by atoms with van der Waals surface area (Å²) in [4.78, 5) is 47.0. The van der Waals surface area contributed by atoms with Gasteiger partial charge in [-0.1, -0.05) is 11.8 Å². The van der Waals surface area contributed by atoms with Gasteiger partial charge in [0.1, 0.15) is 0 Å². The van der Waals surface area contributed by atoms with Crippen molar-refractivity contribution in [2.24, 2.45) is 17.6 Å². The number of amides is 4. The van der Waals surface area contributed by atoms with Crippen molar-refractivity contribution in [3.05, 3.63) is 0 Å². The van der Waals surface area contributed by atoms with Gasteiger partial charge in [-0.3, -0.25) is 24.1 Å². The summed E-state index contributed by atoms with van der Waals surface area (Å²) in [6.45, 7) is 0.486. The largest absolute Gasteiger partial charge is 0.369 e. The van der Waals surface area contributed by atoms with Crippen LogP contribution in [0.15, 0.2) is 0 Å². The van der Waals surface area contributed by atoms with Crippen LogP contribution in [-0.2, 0) is 14.4 Å². The zero-order valence-electron chi connectivity index (χ0n) is 11.7. The van der Waals surface area contributed by atoms with Crippen LogP contribution in [0.5, 0.6) is 0 Å². The lowest BCUT2D eigenvalue weighted by molar-refractivity contribution is -0.129. The maximum atomic E-state index is 12.0. The van der Waals surface area contributed by atoms with Crippen molar-refractivity contribution in [2.45, 2.75) is 25.7 Å². The van der Waals surface area contributed by atoms with Gasteiger partial charge in [-0.25, -0.2) is 0 Å². The summed E-state index contributed by atoms with van der Waals surface area (Å²) in [6, 6.07) is 0. The molecule has 1 heterocycles. The van der Waals surface area contributed by atoms with E-state index in [0.29, 0.717) is 25.7 Å². The molecule has 0 atom stereocenters. The maximum absolute atomic E-state index is 12.0. The first kappa shape index (κ1) is 15.8. The van der Waals surface area contributed by atoms with Gasteiger partial charge in [0.15, 0.2) is 0 Å². The third kappa shape index (κ3) is 3.96. The van der Waals surface area contributed by atoms with E-state index in [2.05, 4.69) is 5.32 Å². The number of carbonyl (C=O) groups is 4. The number of nitrogens with zero attached hydrogens (tertiary/aromatic N) is 1. The molecule has 4 amide bonds. The van der Waals surface area contributed by atoms with Crippen LogP contribution in [0.3, 0.4) is 0 Å². The average molecular weight is 313 g/mol. The Hall–Kier alpha value is -1.57. The van der Waals surface area contributed by atoms with Gasteiger partial charge < -0.3 is 11.1 Å². The topological polar surface area (TPSA) is 110 Å². The fourth-order valence-corrected chi connectivity index (χ4v) is 3.42. The maximum Gasteiger partial charge on any atom is 0.288 e. The molecule has 1 saturated carbocycles. The first-order valence-electron chi connectivity index (χ1n) is 7.03. The lowest BCUT2D eigenvalue weighted by Gasteiger charge is -2.26. The third-order valence-corrected chi connectivity index (χ3v) is 4.83. The molecular weight excluding hydrogens is 294 g/mol. The monoisotopic (exact) mass is 313 g/mol. The second-order valence-corrected chi connectivity index (χ2v) is 6.27. The summed E-state index contributed by atoms with van der Waals surface area (Å²) in [5, 5.41) is 2.50. The first-order valence-corrected chi connectivity index (χ1v) is 8.01. The Morgan fingerprint density at radius 2 is 1.81 bits per heavy atom. The molecule has 2 fully saturated rings. The number of rotatable bonds is 5. The molecule has 8 heteroatoms. The third-order valence-electron chi connectivity index (χ3n) is 3.98. The van der Waals surface area contributed by atoms with Gasteiger partial charge in [0.05, 0.1) is 5.75 Å². The number of nitrogens with two attached hydrogens (primary N) is 1. The second kappa shape index (κ2) is 6.93. The zero-order chi connectivity index (χ0) is 15.4. The highest BCUT2D eigenvalue weighted by atomic mass is 32.2. The van der Waals surface area contributed by atoms with Crippen LogP contribution in [0.2, 0.25) is 0 Å². The summed E-state index contributed by atoms with van der Waals surface area (Å²) < 4.78 is 0. The number of hydrogen-bond acceptors (Lipinski definition) is 5. The molecule has 1 aliphatic heterocycles. The van der Waals surface area contributed by atoms with Crippen LogP contribution in [0.1, 0.15) is 25.7 Å². The van der Waals surface area contributed by atoms with Crippen LogP contribution in [0.4, 0.5) is 4.79 Å². The predicted octanol–water partition coefficient (Wildman–Crippen LogP) is 0.0897. The molecule has 0 bridgehead atoms. The van der Waals surface area contributed by atoms with E-state index in [1.807, 2.05) is 0 Å². The molecule has 0 aromatic rings. The van der Waals surface area contributed by atoms with Crippen LogP contribution in [-0.4, -0.2) is 46.7 Å². The number of hydrogen-bond donors (Lipinski definition) is 2. The average Bonchev–Trinajstić information content (AvgIpc) is 2.79. The molecule has 2 rings (SSSR count). The summed E-state index contributed by atoms with van der Waals surface area (Å²) in [7, 11) is 0. The Morgan fingerprint density at radius 3 is 2.33 bits per heavy atom. The van der Waals surface area contributed by atoms with Crippen molar-refractivity contribution in [1.82, 2.24) is 10.2 Å². The fourth-order valence-electron chi connectivity index (χ4n) is 2.67. The van der Waals surface area contributed by atoms with E-state index in [1.54, 1.807) is 0 Å². The van der Waals surface area contributed by atoms with E-state index in [9.17, 15) is 19.2 Å². The van der Waals surface area contributed by atoms with Crippen molar-refractivity contribution in [3.63, 3.8) is 0 Å². The van der Waals surface area contributed by atoms with Gasteiger partial charge in [-0.2, -0.15) is 0 Å². The molecule has 116 valence electrons. The summed E-state index contributed by atoms with van der Waals surface area (Å²) in [6.07, 6.45) is 2.59. The minimum Gasteiger partial charge on any atom is -0.369 e. The Kier molecular flexibility index (Phi) is 5.22. The lowest BCUT2D eigenvalue weighted by Crippen LogP contribution is -2.40. The lowest BCUT2D eigenvalue weighted by atomic mass is 9.81. The molecule has 7 nitrogen and oxygen atoms in total. The van der Waals surface area contributed by atoms with Crippen molar-refractivity contribution in [1.29, 1.82) is 0 Å². The van der Waals surface area contributed by atoms with E-state index in [-0.39, 0.29) is 53.6 Å². The van der Waals surface area contributed by atoms with Gasteiger partial charge in [0, 0.05) is 24.9 Å². The molecule has 21 heavy (non-hydrogen) atoms. The number of imide groups is 1. The van der Waals surface area contributed by atoms with E-state index in [1.165, 1.54) is 0 Å². The van der Waals surface area contributed by atoms with Crippen molar-refractivity contribution >= 4 is 34.7 Å². The van der Waals surface area contributed by atoms with Gasteiger partial charge in [-0.05, 0) is 25.7 Å². The highest BCUT2D eigenvalue weighted by molar-refractivity contribution is 8.14. The van der Waals surface area contributed by atoms with Gasteiger partial charge in [0.25, 0.3) is 5.24 Å². The molecule has 0 aromatic carbocycles. The Bertz CT molecular complexity index is 444. The summed E-state index contributed by atoms with van der Waals surface area (Å²) >= 11 is 0.984. The molecule has 0 unspecified atom stereocenters. The van der Waals surface area contributed by atoms with Crippen molar-refractivity contribution < 1.29 is 19.2 Å². The second-order valence-electron chi connectivity index (χ2n) is 5.34. The first-order chi connectivity index (χ1) is 9.99. The van der Waals surface area contributed by atoms with Crippen molar-refractivity contribution in [3.8, 4) is 0 Å². The van der Waals surface area contributed by atoms with E-state index < -0.39 is 0 Å². The zero-order valence-corrected chi connectivity index (χ0v) is 12.5. The summed E-state index contributed by atoms with van der Waals surface area (Å²) in [5.41, 5.74) is 5.25. The molecule has 2 aliphatic rings. The normalized spacial score (nSPS) is 26.0. The molecule has 3 N–H and O–H groups in total. The molecular formula is C13H19N3O4S. The number of nitrogens with one attached hydrogen (secondary N) is 1.